The van der Waals surface area contributed by atoms with E-state index >= 15 is 0 Å². The first-order valence-electron chi connectivity index (χ1n) is 6.16. The summed E-state index contributed by atoms with van der Waals surface area (Å²) in [6, 6.07) is 0. The van der Waals surface area contributed by atoms with Gasteiger partial charge in [-0.15, -0.1) is 0 Å². The van der Waals surface area contributed by atoms with Crippen LogP contribution in [0.4, 0.5) is 5.82 Å². The van der Waals surface area contributed by atoms with Gasteiger partial charge in [0.15, 0.2) is 5.16 Å². The predicted molar refractivity (Wildman–Crippen MR) is 76.4 cm³/mol. The van der Waals surface area contributed by atoms with E-state index in [0.29, 0.717) is 11.7 Å². The van der Waals surface area contributed by atoms with Crippen LogP contribution in [0.3, 0.4) is 0 Å². The highest BCUT2D eigenvalue weighted by Crippen LogP contribution is 2.17. The summed E-state index contributed by atoms with van der Waals surface area (Å²) in [6.45, 7) is 4.50. The Hall–Kier alpha value is -1.83. The number of amides is 1. The van der Waals surface area contributed by atoms with Gasteiger partial charge in [0.25, 0.3) is 0 Å². The van der Waals surface area contributed by atoms with E-state index in [9.17, 15) is 9.59 Å². The van der Waals surface area contributed by atoms with Gasteiger partial charge in [-0.3, -0.25) is 4.79 Å². The van der Waals surface area contributed by atoms with Crippen molar-refractivity contribution in [2.45, 2.75) is 19.0 Å². The molecule has 0 bridgehead atoms. The van der Waals surface area contributed by atoms with Crippen LogP contribution >= 0.6 is 11.8 Å². The van der Waals surface area contributed by atoms with E-state index in [0.717, 1.165) is 0 Å². The Labute approximate surface area is 121 Å². The van der Waals surface area contributed by atoms with Crippen LogP contribution in [0, 0.1) is 0 Å². The minimum Gasteiger partial charge on any atom is -0.462 e. The second-order valence-electron chi connectivity index (χ2n) is 3.87. The smallest absolute Gasteiger partial charge is 0.343 e. The fourth-order valence-corrected chi connectivity index (χ4v) is 1.99. The number of thioether (sulfide) groups is 1. The van der Waals surface area contributed by atoms with Crippen molar-refractivity contribution in [3.05, 3.63) is 11.8 Å². The summed E-state index contributed by atoms with van der Waals surface area (Å²) in [7, 11) is 1.72. The second kappa shape index (κ2) is 7.68. The van der Waals surface area contributed by atoms with E-state index in [1.54, 1.807) is 18.9 Å². The van der Waals surface area contributed by atoms with Gasteiger partial charge in [-0.1, -0.05) is 11.8 Å². The third-order valence-electron chi connectivity index (χ3n) is 2.52. The summed E-state index contributed by atoms with van der Waals surface area (Å²) in [4.78, 5) is 32.8. The number of nitrogen functional groups attached to an aromatic ring is 1. The van der Waals surface area contributed by atoms with E-state index in [-0.39, 0.29) is 29.6 Å². The average Bonchev–Trinajstić information content (AvgIpc) is 2.44. The van der Waals surface area contributed by atoms with Crippen LogP contribution in [-0.4, -0.2) is 52.7 Å². The fraction of sp³-hybridized carbons (Fsp3) is 0.500. The first-order valence-corrected chi connectivity index (χ1v) is 7.14. The summed E-state index contributed by atoms with van der Waals surface area (Å²) in [5.41, 5.74) is 5.82. The third-order valence-corrected chi connectivity index (χ3v) is 3.36. The lowest BCUT2D eigenvalue weighted by Crippen LogP contribution is -2.27. The molecule has 0 aliphatic rings. The molecule has 20 heavy (non-hydrogen) atoms. The SMILES string of the molecule is CCOC(=O)c1cnc(SCC(=O)N(C)CC)nc1N. The molecule has 2 N–H and O–H groups in total. The Morgan fingerprint density at radius 2 is 2.15 bits per heavy atom. The average molecular weight is 298 g/mol. The van der Waals surface area contributed by atoms with Gasteiger partial charge >= 0.3 is 5.97 Å². The second-order valence-corrected chi connectivity index (χ2v) is 4.81. The predicted octanol–water partition coefficient (Wildman–Crippen LogP) is 0.806. The first-order chi connectivity index (χ1) is 9.49. The molecule has 1 aromatic rings. The van der Waals surface area contributed by atoms with Gasteiger partial charge < -0.3 is 15.4 Å². The van der Waals surface area contributed by atoms with E-state index in [1.165, 1.54) is 18.0 Å². The lowest BCUT2D eigenvalue weighted by Gasteiger charge is -2.13. The number of carbonyl (C=O) groups excluding carboxylic acids is 2. The Morgan fingerprint density at radius 3 is 2.70 bits per heavy atom. The molecule has 0 aromatic carbocycles. The number of nitrogens with two attached hydrogens (primary N) is 1. The quantitative estimate of drug-likeness (QED) is 0.471. The van der Waals surface area contributed by atoms with Gasteiger partial charge in [0, 0.05) is 19.8 Å². The molecule has 1 rings (SSSR count). The fourth-order valence-electron chi connectivity index (χ4n) is 1.23. The summed E-state index contributed by atoms with van der Waals surface area (Å²) >= 11 is 1.17. The van der Waals surface area contributed by atoms with Crippen molar-refractivity contribution in [2.75, 3.05) is 31.7 Å². The van der Waals surface area contributed by atoms with E-state index in [2.05, 4.69) is 9.97 Å². The minimum atomic E-state index is -0.552. The molecule has 1 amide bonds. The van der Waals surface area contributed by atoms with Crippen molar-refractivity contribution >= 4 is 29.5 Å². The molecule has 110 valence electrons. The van der Waals surface area contributed by atoms with Crippen molar-refractivity contribution < 1.29 is 14.3 Å². The molecule has 0 saturated carbocycles. The maximum absolute atomic E-state index is 11.6. The van der Waals surface area contributed by atoms with E-state index < -0.39 is 5.97 Å². The van der Waals surface area contributed by atoms with Crippen LogP contribution in [0.2, 0.25) is 0 Å². The molecule has 0 aliphatic carbocycles. The van der Waals surface area contributed by atoms with Crippen molar-refractivity contribution in [1.82, 2.24) is 14.9 Å². The number of carbonyl (C=O) groups is 2. The molecule has 1 heterocycles. The highest BCUT2D eigenvalue weighted by Gasteiger charge is 2.15. The summed E-state index contributed by atoms with van der Waals surface area (Å²) in [5, 5.41) is 0.355. The van der Waals surface area contributed by atoms with Gasteiger partial charge in [-0.2, -0.15) is 0 Å². The van der Waals surface area contributed by atoms with Crippen LogP contribution in [-0.2, 0) is 9.53 Å². The topological polar surface area (TPSA) is 98.4 Å². The van der Waals surface area contributed by atoms with Gasteiger partial charge in [0.05, 0.1) is 12.4 Å². The molecule has 0 atom stereocenters. The summed E-state index contributed by atoms with van der Waals surface area (Å²) in [6.07, 6.45) is 1.32. The maximum atomic E-state index is 11.6. The molecule has 0 radical (unpaired) electrons. The Kier molecular flexibility index (Phi) is 6.23. The third kappa shape index (κ3) is 4.37. The summed E-state index contributed by atoms with van der Waals surface area (Å²) in [5.74, 6) is -0.294. The van der Waals surface area contributed by atoms with Gasteiger partial charge in [-0.25, -0.2) is 14.8 Å². The standard InChI is InChI=1S/C12H18N4O3S/c1-4-16(3)9(17)7-20-12-14-6-8(10(13)15-12)11(18)19-5-2/h6H,4-5,7H2,1-3H3,(H2,13,14,15). The maximum Gasteiger partial charge on any atom is 0.343 e. The van der Waals surface area contributed by atoms with Crippen molar-refractivity contribution in [3.8, 4) is 0 Å². The van der Waals surface area contributed by atoms with Crippen LogP contribution in [0.15, 0.2) is 11.4 Å². The molecule has 7 nitrogen and oxygen atoms in total. The van der Waals surface area contributed by atoms with Crippen LogP contribution in [0.5, 0.6) is 0 Å². The molecule has 1 aromatic heterocycles. The number of anilines is 1. The number of hydrogen-bond donors (Lipinski definition) is 1. The van der Waals surface area contributed by atoms with Crippen LogP contribution < -0.4 is 5.73 Å². The van der Waals surface area contributed by atoms with Gasteiger partial charge in [0.1, 0.15) is 11.4 Å². The van der Waals surface area contributed by atoms with E-state index in [1.807, 2.05) is 6.92 Å². The monoisotopic (exact) mass is 298 g/mol. The number of aromatic nitrogens is 2. The molecule has 0 spiro atoms. The normalized spacial score (nSPS) is 10.2. The highest BCUT2D eigenvalue weighted by molar-refractivity contribution is 7.99. The molecule has 0 unspecified atom stereocenters. The van der Waals surface area contributed by atoms with E-state index in [4.69, 9.17) is 10.5 Å². The van der Waals surface area contributed by atoms with Crippen LogP contribution in [0.25, 0.3) is 0 Å². The number of esters is 1. The number of hydrogen-bond acceptors (Lipinski definition) is 7. The number of nitrogens with zero attached hydrogens (tertiary/aromatic N) is 3. The zero-order chi connectivity index (χ0) is 15.1. The van der Waals surface area contributed by atoms with Gasteiger partial charge in [-0.05, 0) is 13.8 Å². The Morgan fingerprint density at radius 1 is 1.45 bits per heavy atom. The molecular weight excluding hydrogens is 280 g/mol. The minimum absolute atomic E-state index is 0.0193. The number of ether oxygens (including phenoxy) is 1. The molecular formula is C12H18N4O3S. The molecule has 8 heteroatoms. The van der Waals surface area contributed by atoms with Crippen molar-refractivity contribution in [3.63, 3.8) is 0 Å². The number of rotatable bonds is 6. The largest absolute Gasteiger partial charge is 0.462 e. The van der Waals surface area contributed by atoms with Crippen LogP contribution in [0.1, 0.15) is 24.2 Å². The summed E-state index contributed by atoms with van der Waals surface area (Å²) < 4.78 is 4.83. The van der Waals surface area contributed by atoms with Gasteiger partial charge in [0.2, 0.25) is 5.91 Å². The van der Waals surface area contributed by atoms with Crippen molar-refractivity contribution in [2.24, 2.45) is 0 Å². The lowest BCUT2D eigenvalue weighted by atomic mass is 10.3. The zero-order valence-electron chi connectivity index (χ0n) is 11.8. The zero-order valence-corrected chi connectivity index (χ0v) is 12.6. The first kappa shape index (κ1) is 16.2. The molecule has 0 aliphatic heterocycles. The Balaban J connectivity index is 2.68. The Bertz CT molecular complexity index is 496. The molecule has 0 fully saturated rings. The molecule has 0 saturated heterocycles. The highest BCUT2D eigenvalue weighted by atomic mass is 32.2. The lowest BCUT2D eigenvalue weighted by molar-refractivity contribution is -0.126. The van der Waals surface area contributed by atoms with Crippen molar-refractivity contribution in [1.29, 1.82) is 0 Å².